The van der Waals surface area contributed by atoms with Crippen LogP contribution in [0.15, 0.2) is 78.9 Å². The number of halogens is 1. The number of benzene rings is 3. The Kier molecular flexibility index (Phi) is 8.19. The van der Waals surface area contributed by atoms with Crippen molar-refractivity contribution in [2.24, 2.45) is 0 Å². The second-order valence-electron chi connectivity index (χ2n) is 9.41. The van der Waals surface area contributed by atoms with Crippen molar-refractivity contribution in [1.82, 2.24) is 4.90 Å². The Bertz CT molecular complexity index is 1090. The first-order valence-corrected chi connectivity index (χ1v) is 12.6. The predicted octanol–water partition coefficient (Wildman–Crippen LogP) is 5.92. The van der Waals surface area contributed by atoms with Gasteiger partial charge in [0.1, 0.15) is 5.82 Å². The van der Waals surface area contributed by atoms with Gasteiger partial charge in [-0.15, -0.1) is 0 Å². The van der Waals surface area contributed by atoms with Crippen molar-refractivity contribution in [1.29, 1.82) is 0 Å². The molecule has 0 N–H and O–H groups in total. The third kappa shape index (κ3) is 6.09. The number of anilines is 1. The van der Waals surface area contributed by atoms with Gasteiger partial charge in [-0.25, -0.2) is 4.39 Å². The van der Waals surface area contributed by atoms with Gasteiger partial charge < -0.3 is 9.64 Å². The Hall–Kier alpha value is -3.18. The number of carbonyl (C=O) groups is 1. The zero-order chi connectivity index (χ0) is 24.7. The summed E-state index contributed by atoms with van der Waals surface area (Å²) in [5, 5.41) is 0. The van der Waals surface area contributed by atoms with Gasteiger partial charge in [-0.2, -0.15) is 0 Å². The maximum absolute atomic E-state index is 13.5. The van der Waals surface area contributed by atoms with E-state index in [0.717, 1.165) is 62.3 Å². The highest BCUT2D eigenvalue weighted by Gasteiger charge is 2.36. The van der Waals surface area contributed by atoms with Crippen LogP contribution >= 0.6 is 0 Å². The molecule has 1 fully saturated rings. The van der Waals surface area contributed by atoms with Crippen LogP contribution in [0.25, 0.3) is 11.1 Å². The SMILES string of the molecule is CCOC(=O)C(C)(CCCN1CCN(c2ccc(-c3cccc(F)c3)cc2)CC1)c1ccccc1. The van der Waals surface area contributed by atoms with Gasteiger partial charge in [-0.1, -0.05) is 54.6 Å². The lowest BCUT2D eigenvalue weighted by Gasteiger charge is -2.37. The highest BCUT2D eigenvalue weighted by atomic mass is 19.1. The maximum atomic E-state index is 13.5. The topological polar surface area (TPSA) is 32.8 Å². The lowest BCUT2D eigenvalue weighted by molar-refractivity contribution is -0.149. The fourth-order valence-corrected chi connectivity index (χ4v) is 4.88. The molecule has 0 spiro atoms. The zero-order valence-corrected chi connectivity index (χ0v) is 20.8. The number of hydrogen-bond donors (Lipinski definition) is 0. The molecule has 35 heavy (non-hydrogen) atoms. The van der Waals surface area contributed by atoms with E-state index >= 15 is 0 Å². The molecule has 1 atom stereocenters. The molecular weight excluding hydrogens is 439 g/mol. The summed E-state index contributed by atoms with van der Waals surface area (Å²) < 4.78 is 19.0. The molecule has 0 aliphatic carbocycles. The Balaban J connectivity index is 1.29. The first-order valence-electron chi connectivity index (χ1n) is 12.6. The van der Waals surface area contributed by atoms with Crippen LogP contribution in [0.5, 0.6) is 0 Å². The highest BCUT2D eigenvalue weighted by molar-refractivity contribution is 5.82. The molecule has 0 radical (unpaired) electrons. The lowest BCUT2D eigenvalue weighted by atomic mass is 9.78. The number of nitrogens with zero attached hydrogens (tertiary/aromatic N) is 2. The maximum Gasteiger partial charge on any atom is 0.316 e. The van der Waals surface area contributed by atoms with E-state index in [-0.39, 0.29) is 11.8 Å². The Labute approximate surface area is 208 Å². The van der Waals surface area contributed by atoms with E-state index in [2.05, 4.69) is 34.1 Å². The summed E-state index contributed by atoms with van der Waals surface area (Å²) in [6.07, 6.45) is 1.70. The molecule has 184 valence electrons. The van der Waals surface area contributed by atoms with Crippen LogP contribution in [0.3, 0.4) is 0 Å². The van der Waals surface area contributed by atoms with Crippen molar-refractivity contribution >= 4 is 11.7 Å². The standard InChI is InChI=1S/C30H35FN2O2/c1-3-35-29(34)30(2,26-10-5-4-6-11-26)17-8-18-32-19-21-33(22-20-32)28-15-13-24(14-16-28)25-9-7-12-27(31)23-25/h4-7,9-16,23H,3,8,17-22H2,1-2H3. The van der Waals surface area contributed by atoms with Crippen molar-refractivity contribution in [3.63, 3.8) is 0 Å². The average Bonchev–Trinajstić information content (AvgIpc) is 2.90. The number of esters is 1. The second kappa shape index (κ2) is 11.5. The molecule has 1 saturated heterocycles. The smallest absolute Gasteiger partial charge is 0.316 e. The van der Waals surface area contributed by atoms with Gasteiger partial charge in [0.25, 0.3) is 0 Å². The average molecular weight is 475 g/mol. The summed E-state index contributed by atoms with van der Waals surface area (Å²) in [7, 11) is 0. The van der Waals surface area contributed by atoms with Crippen molar-refractivity contribution in [2.75, 3.05) is 44.2 Å². The van der Waals surface area contributed by atoms with E-state index in [1.165, 1.54) is 11.8 Å². The number of rotatable bonds is 9. The van der Waals surface area contributed by atoms with E-state index in [1.807, 2.05) is 50.2 Å². The number of ether oxygens (including phenoxy) is 1. The molecule has 0 saturated carbocycles. The van der Waals surface area contributed by atoms with Crippen LogP contribution in [0.4, 0.5) is 10.1 Å². The fourth-order valence-electron chi connectivity index (χ4n) is 4.88. The van der Waals surface area contributed by atoms with Gasteiger partial charge in [-0.05, 0) is 74.2 Å². The van der Waals surface area contributed by atoms with Crippen LogP contribution in [0.2, 0.25) is 0 Å². The minimum atomic E-state index is -0.623. The summed E-state index contributed by atoms with van der Waals surface area (Å²) in [5.41, 5.74) is 3.51. The molecule has 0 aromatic heterocycles. The van der Waals surface area contributed by atoms with Gasteiger partial charge >= 0.3 is 5.97 Å². The summed E-state index contributed by atoms with van der Waals surface area (Å²) in [5.74, 6) is -0.355. The number of piperazine rings is 1. The monoisotopic (exact) mass is 474 g/mol. The fraction of sp³-hybridized carbons (Fsp3) is 0.367. The Morgan fingerprint density at radius 2 is 1.63 bits per heavy atom. The molecule has 5 heteroatoms. The quantitative estimate of drug-likeness (QED) is 0.361. The van der Waals surface area contributed by atoms with E-state index < -0.39 is 5.41 Å². The van der Waals surface area contributed by atoms with Crippen molar-refractivity contribution in [3.8, 4) is 11.1 Å². The molecule has 0 amide bonds. The minimum absolute atomic E-state index is 0.141. The van der Waals surface area contributed by atoms with Crippen LogP contribution in [0, 0.1) is 5.82 Å². The summed E-state index contributed by atoms with van der Waals surface area (Å²) in [6.45, 7) is 9.14. The van der Waals surface area contributed by atoms with Crippen LogP contribution < -0.4 is 4.90 Å². The normalized spacial score (nSPS) is 16.0. The third-order valence-electron chi connectivity index (χ3n) is 7.05. The molecule has 3 aromatic rings. The highest BCUT2D eigenvalue weighted by Crippen LogP contribution is 2.31. The van der Waals surface area contributed by atoms with Crippen molar-refractivity contribution < 1.29 is 13.9 Å². The summed E-state index contributed by atoms with van der Waals surface area (Å²) >= 11 is 0. The molecule has 0 bridgehead atoms. The molecule has 1 aliphatic heterocycles. The largest absolute Gasteiger partial charge is 0.465 e. The molecule has 1 aliphatic rings. The zero-order valence-electron chi connectivity index (χ0n) is 20.8. The Morgan fingerprint density at radius 3 is 2.29 bits per heavy atom. The van der Waals surface area contributed by atoms with Gasteiger partial charge in [0, 0.05) is 31.9 Å². The van der Waals surface area contributed by atoms with Gasteiger partial charge in [0.05, 0.1) is 12.0 Å². The molecular formula is C30H35FN2O2. The van der Waals surface area contributed by atoms with Crippen LogP contribution in [-0.2, 0) is 14.9 Å². The van der Waals surface area contributed by atoms with E-state index in [0.29, 0.717) is 6.61 Å². The molecule has 1 heterocycles. The molecule has 4 rings (SSSR count). The van der Waals surface area contributed by atoms with Crippen molar-refractivity contribution in [3.05, 3.63) is 90.2 Å². The molecule has 3 aromatic carbocycles. The van der Waals surface area contributed by atoms with E-state index in [1.54, 1.807) is 12.1 Å². The third-order valence-corrected chi connectivity index (χ3v) is 7.05. The first-order chi connectivity index (χ1) is 17.0. The number of hydrogen-bond acceptors (Lipinski definition) is 4. The number of carbonyl (C=O) groups excluding carboxylic acids is 1. The molecule has 4 nitrogen and oxygen atoms in total. The molecule has 1 unspecified atom stereocenters. The van der Waals surface area contributed by atoms with Crippen LogP contribution in [0.1, 0.15) is 32.3 Å². The van der Waals surface area contributed by atoms with Crippen LogP contribution in [-0.4, -0.2) is 50.2 Å². The Morgan fingerprint density at radius 1 is 0.914 bits per heavy atom. The first kappa shape index (κ1) is 24.9. The van der Waals surface area contributed by atoms with E-state index in [9.17, 15) is 9.18 Å². The van der Waals surface area contributed by atoms with E-state index in [4.69, 9.17) is 4.74 Å². The van der Waals surface area contributed by atoms with Gasteiger partial charge in [0.2, 0.25) is 0 Å². The van der Waals surface area contributed by atoms with Gasteiger partial charge in [-0.3, -0.25) is 9.69 Å². The predicted molar refractivity (Wildman–Crippen MR) is 140 cm³/mol. The summed E-state index contributed by atoms with van der Waals surface area (Å²) in [6, 6.07) is 25.1. The lowest BCUT2D eigenvalue weighted by Crippen LogP contribution is -2.47. The van der Waals surface area contributed by atoms with Crippen molar-refractivity contribution in [2.45, 2.75) is 32.1 Å². The van der Waals surface area contributed by atoms with Gasteiger partial charge in [0.15, 0.2) is 0 Å². The minimum Gasteiger partial charge on any atom is -0.465 e. The summed E-state index contributed by atoms with van der Waals surface area (Å²) in [4.78, 5) is 17.7. The second-order valence-corrected chi connectivity index (χ2v) is 9.41.